The number of halogens is 1. The Hall–Kier alpha value is -0.380. The molecule has 2 nitrogen and oxygen atoms in total. The fraction of sp³-hybridized carbons (Fsp3) is 0.500. The second kappa shape index (κ2) is 6.99. The topological polar surface area (TPSA) is 23.5 Å². The molecule has 0 amide bonds. The summed E-state index contributed by atoms with van der Waals surface area (Å²) in [6.07, 6.45) is 8.52. The zero-order valence-corrected chi connectivity index (χ0v) is 10.5. The molecule has 0 aliphatic heterocycles. The molecule has 0 aromatic heterocycles. The lowest BCUT2D eigenvalue weighted by Crippen LogP contribution is -2.29. The Morgan fingerprint density at radius 2 is 2.40 bits per heavy atom. The van der Waals surface area contributed by atoms with Crippen LogP contribution in [0.1, 0.15) is 12.8 Å². The van der Waals surface area contributed by atoms with Crippen LogP contribution < -0.4 is 0 Å². The van der Waals surface area contributed by atoms with Gasteiger partial charge in [-0.2, -0.15) is 0 Å². The van der Waals surface area contributed by atoms with Crippen molar-refractivity contribution in [2.45, 2.75) is 12.8 Å². The molecule has 1 N–H and O–H groups in total. The number of hydrogen-bond acceptors (Lipinski definition) is 2. The van der Waals surface area contributed by atoms with E-state index in [0.29, 0.717) is 6.54 Å². The molecule has 0 fully saturated rings. The highest BCUT2D eigenvalue weighted by atomic mass is 79.9. The van der Waals surface area contributed by atoms with Gasteiger partial charge in [-0.15, -0.1) is 6.58 Å². The zero-order chi connectivity index (χ0) is 11.1. The summed E-state index contributed by atoms with van der Waals surface area (Å²) >= 11 is 3.53. The zero-order valence-electron chi connectivity index (χ0n) is 8.95. The fourth-order valence-electron chi connectivity index (χ4n) is 1.65. The van der Waals surface area contributed by atoms with Gasteiger partial charge in [0.05, 0.1) is 6.61 Å². The summed E-state index contributed by atoms with van der Waals surface area (Å²) in [5.41, 5.74) is 1.32. The number of nitrogens with zero attached hydrogens (tertiary/aromatic N) is 1. The molecule has 3 heteroatoms. The first-order chi connectivity index (χ1) is 7.26. The van der Waals surface area contributed by atoms with Crippen molar-refractivity contribution in [1.82, 2.24) is 4.90 Å². The van der Waals surface area contributed by atoms with Crippen molar-refractivity contribution in [3.63, 3.8) is 0 Å². The van der Waals surface area contributed by atoms with E-state index >= 15 is 0 Å². The molecule has 15 heavy (non-hydrogen) atoms. The van der Waals surface area contributed by atoms with Crippen LogP contribution in [0.2, 0.25) is 0 Å². The molecule has 0 spiro atoms. The van der Waals surface area contributed by atoms with Gasteiger partial charge in [-0.25, -0.2) is 0 Å². The molecule has 0 radical (unpaired) electrons. The number of hydrogen-bond donors (Lipinski definition) is 1. The lowest BCUT2D eigenvalue weighted by Gasteiger charge is -2.21. The van der Waals surface area contributed by atoms with E-state index in [1.807, 2.05) is 6.08 Å². The Labute approximate surface area is 100 Å². The van der Waals surface area contributed by atoms with E-state index < -0.39 is 0 Å². The minimum Gasteiger partial charge on any atom is -0.395 e. The summed E-state index contributed by atoms with van der Waals surface area (Å²) in [5, 5.41) is 8.92. The van der Waals surface area contributed by atoms with Crippen molar-refractivity contribution < 1.29 is 5.11 Å². The molecule has 0 unspecified atom stereocenters. The molecule has 0 bridgehead atoms. The maximum atomic E-state index is 8.92. The van der Waals surface area contributed by atoms with Gasteiger partial charge in [-0.05, 0) is 29.0 Å². The Kier molecular flexibility index (Phi) is 5.91. The monoisotopic (exact) mass is 271 g/mol. The van der Waals surface area contributed by atoms with Crippen molar-refractivity contribution >= 4 is 15.9 Å². The third-order valence-electron chi connectivity index (χ3n) is 2.34. The van der Waals surface area contributed by atoms with Crippen molar-refractivity contribution in [3.05, 3.63) is 34.9 Å². The lowest BCUT2D eigenvalue weighted by molar-refractivity contribution is 0.218. The predicted octanol–water partition coefficient (Wildman–Crippen LogP) is 2.47. The van der Waals surface area contributed by atoms with Gasteiger partial charge in [0.25, 0.3) is 0 Å². The Bertz CT molecular complexity index is 271. The first-order valence-corrected chi connectivity index (χ1v) is 6.04. The SMILES string of the molecule is C=CCN(CCO)CC1=CCCC(Br)=C1. The summed E-state index contributed by atoms with van der Waals surface area (Å²) in [5.74, 6) is 0. The molecular weight excluding hydrogens is 254 g/mol. The van der Waals surface area contributed by atoms with Gasteiger partial charge in [0, 0.05) is 19.6 Å². The Morgan fingerprint density at radius 3 is 3.00 bits per heavy atom. The van der Waals surface area contributed by atoms with Crippen LogP contribution >= 0.6 is 15.9 Å². The van der Waals surface area contributed by atoms with Crippen LogP contribution in [-0.2, 0) is 0 Å². The van der Waals surface area contributed by atoms with Crippen LogP contribution in [0.3, 0.4) is 0 Å². The smallest absolute Gasteiger partial charge is 0.0558 e. The highest BCUT2D eigenvalue weighted by molar-refractivity contribution is 9.11. The van der Waals surface area contributed by atoms with Crippen LogP contribution in [0, 0.1) is 0 Å². The van der Waals surface area contributed by atoms with Gasteiger partial charge in [0.2, 0.25) is 0 Å². The number of rotatable bonds is 6. The highest BCUT2D eigenvalue weighted by Gasteiger charge is 2.07. The minimum absolute atomic E-state index is 0.200. The Morgan fingerprint density at radius 1 is 1.60 bits per heavy atom. The summed E-state index contributed by atoms with van der Waals surface area (Å²) in [4.78, 5) is 2.18. The second-order valence-corrected chi connectivity index (χ2v) is 4.67. The quantitative estimate of drug-likeness (QED) is 0.751. The first kappa shape index (κ1) is 12.7. The van der Waals surface area contributed by atoms with E-state index in [0.717, 1.165) is 25.9 Å². The van der Waals surface area contributed by atoms with E-state index in [2.05, 4.69) is 39.6 Å². The number of aliphatic hydroxyl groups excluding tert-OH is 1. The van der Waals surface area contributed by atoms with Gasteiger partial charge in [0.1, 0.15) is 0 Å². The third-order valence-corrected chi connectivity index (χ3v) is 2.97. The van der Waals surface area contributed by atoms with E-state index in [1.54, 1.807) is 0 Å². The van der Waals surface area contributed by atoms with Crippen LogP contribution in [0.25, 0.3) is 0 Å². The molecule has 0 heterocycles. The Balaban J connectivity index is 2.49. The van der Waals surface area contributed by atoms with Gasteiger partial charge >= 0.3 is 0 Å². The van der Waals surface area contributed by atoms with E-state index in [9.17, 15) is 0 Å². The molecule has 1 rings (SSSR count). The van der Waals surface area contributed by atoms with Gasteiger partial charge in [-0.1, -0.05) is 28.1 Å². The molecule has 84 valence electrons. The van der Waals surface area contributed by atoms with E-state index in [-0.39, 0.29) is 6.61 Å². The maximum Gasteiger partial charge on any atom is 0.0558 e. The molecule has 0 aromatic carbocycles. The number of aliphatic hydroxyl groups is 1. The highest BCUT2D eigenvalue weighted by Crippen LogP contribution is 2.22. The fourth-order valence-corrected chi connectivity index (χ4v) is 2.18. The van der Waals surface area contributed by atoms with Crippen molar-refractivity contribution in [3.8, 4) is 0 Å². The molecule has 0 saturated heterocycles. The average molecular weight is 272 g/mol. The van der Waals surface area contributed by atoms with Crippen LogP contribution in [0.15, 0.2) is 34.9 Å². The summed E-state index contributed by atoms with van der Waals surface area (Å²) in [6.45, 7) is 6.34. The summed E-state index contributed by atoms with van der Waals surface area (Å²) in [6, 6.07) is 0. The molecule has 1 aliphatic carbocycles. The number of allylic oxidation sites excluding steroid dienone is 2. The molecule has 0 atom stereocenters. The minimum atomic E-state index is 0.200. The van der Waals surface area contributed by atoms with E-state index in [1.165, 1.54) is 10.1 Å². The van der Waals surface area contributed by atoms with Crippen LogP contribution in [-0.4, -0.2) is 36.2 Å². The van der Waals surface area contributed by atoms with Gasteiger partial charge < -0.3 is 5.11 Å². The molecular formula is C12H18BrNO. The molecule has 1 aliphatic rings. The van der Waals surface area contributed by atoms with E-state index in [4.69, 9.17) is 5.11 Å². The van der Waals surface area contributed by atoms with Gasteiger partial charge in [0.15, 0.2) is 0 Å². The molecule has 0 saturated carbocycles. The lowest BCUT2D eigenvalue weighted by atomic mass is 10.1. The summed E-state index contributed by atoms with van der Waals surface area (Å²) in [7, 11) is 0. The second-order valence-electron chi connectivity index (χ2n) is 3.66. The standard InChI is InChI=1S/C12H18BrNO/c1-2-6-14(7-8-15)10-11-4-3-5-12(13)9-11/h2,4,9,15H,1,3,5-8,10H2. The third kappa shape index (κ3) is 4.78. The average Bonchev–Trinajstić information content (AvgIpc) is 2.18. The predicted molar refractivity (Wildman–Crippen MR) is 68.0 cm³/mol. The summed E-state index contributed by atoms with van der Waals surface area (Å²) < 4.78 is 1.27. The van der Waals surface area contributed by atoms with Crippen molar-refractivity contribution in [2.24, 2.45) is 0 Å². The molecule has 0 aromatic rings. The van der Waals surface area contributed by atoms with Crippen LogP contribution in [0.4, 0.5) is 0 Å². The van der Waals surface area contributed by atoms with Crippen molar-refractivity contribution in [1.29, 1.82) is 0 Å². The maximum absolute atomic E-state index is 8.92. The first-order valence-electron chi connectivity index (χ1n) is 5.25. The van der Waals surface area contributed by atoms with Crippen LogP contribution in [0.5, 0.6) is 0 Å². The van der Waals surface area contributed by atoms with Crippen molar-refractivity contribution in [2.75, 3.05) is 26.2 Å². The normalized spacial score (nSPS) is 16.2. The largest absolute Gasteiger partial charge is 0.395 e. The van der Waals surface area contributed by atoms with Gasteiger partial charge in [-0.3, -0.25) is 4.90 Å².